The molecule has 39 valence electrons. The molecular weight excluding hydrogens is 120 g/mol. The summed E-state index contributed by atoms with van der Waals surface area (Å²) < 4.78 is 0. The van der Waals surface area contributed by atoms with Crippen LogP contribution in [0.4, 0.5) is 0 Å². The van der Waals surface area contributed by atoms with E-state index in [4.69, 9.17) is 0 Å². The molecule has 0 bridgehead atoms. The highest BCUT2D eigenvalue weighted by molar-refractivity contribution is 7.14. The van der Waals surface area contributed by atoms with Crippen molar-refractivity contribution in [3.63, 3.8) is 0 Å². The van der Waals surface area contributed by atoms with Crippen molar-refractivity contribution < 1.29 is 0 Å². The van der Waals surface area contributed by atoms with Crippen LogP contribution in [-0.4, -0.2) is 13.0 Å². The van der Waals surface area contributed by atoms with E-state index < -0.39 is 0 Å². The molecule has 0 saturated heterocycles. The maximum atomic E-state index is 3.83. The minimum absolute atomic E-state index is 0.653. The SMILES string of the molecule is PN=NC1=NC=C[B]1. The molecule has 1 rings (SSSR count). The highest BCUT2D eigenvalue weighted by Gasteiger charge is 1.98. The molecule has 0 aromatic carbocycles. The first-order valence-corrected chi connectivity index (χ1v) is 2.64. The van der Waals surface area contributed by atoms with Crippen molar-refractivity contribution in [1.82, 2.24) is 0 Å². The lowest BCUT2D eigenvalue weighted by Crippen LogP contribution is -1.96. The van der Waals surface area contributed by atoms with Gasteiger partial charge in [-0.2, -0.15) is 4.88 Å². The molecule has 8 heavy (non-hydrogen) atoms. The lowest BCUT2D eigenvalue weighted by molar-refractivity contribution is 1.41. The minimum atomic E-state index is 0.653. The van der Waals surface area contributed by atoms with E-state index in [1.165, 1.54) is 0 Å². The third-order valence-corrected chi connectivity index (χ3v) is 0.814. The van der Waals surface area contributed by atoms with E-state index in [2.05, 4.69) is 24.4 Å². The number of hydrogen-bond acceptors (Lipinski definition) is 3. The Kier molecular flexibility index (Phi) is 1.92. The summed E-state index contributed by atoms with van der Waals surface area (Å²) in [5, 5.41) is 3.64. The molecule has 0 spiro atoms. The van der Waals surface area contributed by atoms with Gasteiger partial charge in [-0.1, -0.05) is 5.98 Å². The molecule has 1 aliphatic rings. The van der Waals surface area contributed by atoms with Gasteiger partial charge in [0.25, 0.3) is 0 Å². The van der Waals surface area contributed by atoms with Crippen LogP contribution in [0.1, 0.15) is 0 Å². The summed E-state index contributed by atoms with van der Waals surface area (Å²) in [5.74, 6) is 1.81. The van der Waals surface area contributed by atoms with Crippen LogP contribution in [0, 0.1) is 0 Å². The lowest BCUT2D eigenvalue weighted by Gasteiger charge is -1.79. The van der Waals surface area contributed by atoms with Gasteiger partial charge in [-0.3, -0.25) is 4.99 Å². The Hall–Kier alpha value is -0.495. The van der Waals surface area contributed by atoms with Gasteiger partial charge in [0.2, 0.25) is 7.28 Å². The van der Waals surface area contributed by atoms with Crippen molar-refractivity contribution in [3.8, 4) is 0 Å². The summed E-state index contributed by atoms with van der Waals surface area (Å²) in [7, 11) is 3.92. The fourth-order valence-electron chi connectivity index (χ4n) is 0.410. The zero-order valence-electron chi connectivity index (χ0n) is 4.15. The number of aliphatic imine (C=N–C) groups is 1. The molecule has 0 saturated carbocycles. The first kappa shape index (κ1) is 5.64. The van der Waals surface area contributed by atoms with Gasteiger partial charge in [0.15, 0.2) is 0 Å². The predicted molar refractivity (Wildman–Crippen MR) is 36.9 cm³/mol. The highest BCUT2D eigenvalue weighted by Crippen LogP contribution is 1.94. The number of nitrogens with zero attached hydrogens (tertiary/aromatic N) is 3. The van der Waals surface area contributed by atoms with Crippen molar-refractivity contribution in [2.75, 3.05) is 0 Å². The van der Waals surface area contributed by atoms with E-state index in [1.54, 1.807) is 13.5 Å². The topological polar surface area (TPSA) is 37.1 Å². The number of hydrogen-bond donors (Lipinski definition) is 0. The maximum Gasteiger partial charge on any atom is 0.238 e. The van der Waals surface area contributed by atoms with Gasteiger partial charge in [-0.05, 0) is 0 Å². The Balaban J connectivity index is 2.51. The maximum absolute atomic E-state index is 3.83. The van der Waals surface area contributed by atoms with E-state index >= 15 is 0 Å². The first-order chi connectivity index (χ1) is 3.93. The van der Waals surface area contributed by atoms with Crippen LogP contribution in [0.2, 0.25) is 0 Å². The molecule has 5 heteroatoms. The fourth-order valence-corrected chi connectivity index (χ4v) is 0.528. The Morgan fingerprint density at radius 3 is 3.12 bits per heavy atom. The largest absolute Gasteiger partial charge is 0.252 e. The molecule has 1 atom stereocenters. The molecule has 0 aliphatic carbocycles. The first-order valence-electron chi connectivity index (χ1n) is 2.12. The summed E-state index contributed by atoms with van der Waals surface area (Å²) >= 11 is 0. The normalized spacial score (nSPS) is 16.9. The summed E-state index contributed by atoms with van der Waals surface area (Å²) in [5.41, 5.74) is 0.653. The average molecular weight is 124 g/mol. The van der Waals surface area contributed by atoms with Crippen LogP contribution >= 0.6 is 9.39 Å². The molecule has 0 fully saturated rings. The van der Waals surface area contributed by atoms with Crippen LogP contribution < -0.4 is 0 Å². The molecule has 1 radical (unpaired) electrons. The molecule has 1 heterocycles. The van der Waals surface area contributed by atoms with Crippen molar-refractivity contribution in [3.05, 3.63) is 12.2 Å². The van der Waals surface area contributed by atoms with Gasteiger partial charge in [-0.25, -0.2) is 0 Å². The Labute approximate surface area is 50.5 Å². The van der Waals surface area contributed by atoms with Crippen molar-refractivity contribution in [1.29, 1.82) is 0 Å². The molecule has 0 aromatic rings. The van der Waals surface area contributed by atoms with E-state index in [-0.39, 0.29) is 0 Å². The fraction of sp³-hybridized carbons (Fsp3) is 0. The third kappa shape index (κ3) is 1.24. The van der Waals surface area contributed by atoms with E-state index in [9.17, 15) is 0 Å². The van der Waals surface area contributed by atoms with Gasteiger partial charge in [0, 0.05) is 15.6 Å². The van der Waals surface area contributed by atoms with E-state index in [0.29, 0.717) is 5.73 Å². The zero-order valence-corrected chi connectivity index (χ0v) is 5.31. The summed E-state index contributed by atoms with van der Waals surface area (Å²) in [6.45, 7) is 0. The van der Waals surface area contributed by atoms with Crippen LogP contribution in [0.3, 0.4) is 0 Å². The smallest absolute Gasteiger partial charge is 0.238 e. The Morgan fingerprint density at radius 1 is 1.75 bits per heavy atom. The van der Waals surface area contributed by atoms with Crippen molar-refractivity contribution in [2.45, 2.75) is 0 Å². The zero-order chi connectivity index (χ0) is 5.82. The van der Waals surface area contributed by atoms with Gasteiger partial charge < -0.3 is 0 Å². The monoisotopic (exact) mass is 124 g/mol. The summed E-state index contributed by atoms with van der Waals surface area (Å²) in [6, 6.07) is 0. The minimum Gasteiger partial charge on any atom is -0.252 e. The molecule has 3 nitrogen and oxygen atoms in total. The molecule has 1 aliphatic heterocycles. The molecular formula is C3H4BN3P. The highest BCUT2D eigenvalue weighted by atomic mass is 31.0. The van der Waals surface area contributed by atoms with Gasteiger partial charge in [-0.15, -0.1) is 5.11 Å². The predicted octanol–water partition coefficient (Wildman–Crippen LogP) is 0.774. The van der Waals surface area contributed by atoms with Crippen LogP contribution in [0.25, 0.3) is 0 Å². The second-order valence-corrected chi connectivity index (χ2v) is 1.44. The van der Waals surface area contributed by atoms with E-state index in [1.807, 2.05) is 5.98 Å². The summed E-state index contributed by atoms with van der Waals surface area (Å²) in [4.78, 5) is 7.29. The van der Waals surface area contributed by atoms with Crippen LogP contribution in [-0.2, 0) is 0 Å². The number of rotatable bonds is 0. The standard InChI is InChI=1S/C3H4BN3P/c8-7-6-3-4-1-2-5-3/h1-2H,8H2. The average Bonchev–Trinajstić information content (AvgIpc) is 2.19. The van der Waals surface area contributed by atoms with Gasteiger partial charge in [0.1, 0.15) is 5.73 Å². The van der Waals surface area contributed by atoms with E-state index in [0.717, 1.165) is 0 Å². The van der Waals surface area contributed by atoms with Crippen molar-refractivity contribution >= 4 is 22.4 Å². The lowest BCUT2D eigenvalue weighted by atomic mass is 9.79. The molecule has 0 amide bonds. The van der Waals surface area contributed by atoms with Gasteiger partial charge in [0.05, 0.1) is 0 Å². The molecule has 1 unspecified atom stereocenters. The van der Waals surface area contributed by atoms with Crippen LogP contribution in [0.5, 0.6) is 0 Å². The van der Waals surface area contributed by atoms with Gasteiger partial charge >= 0.3 is 0 Å². The quantitative estimate of drug-likeness (QED) is 0.260. The van der Waals surface area contributed by atoms with Crippen LogP contribution in [0.15, 0.2) is 27.2 Å². The van der Waals surface area contributed by atoms with Crippen molar-refractivity contribution in [2.24, 2.45) is 15.0 Å². The third-order valence-electron chi connectivity index (χ3n) is 0.698. The summed E-state index contributed by atoms with van der Waals surface area (Å²) in [6.07, 6.45) is 1.68. The Morgan fingerprint density at radius 2 is 2.62 bits per heavy atom. The molecule has 0 N–H and O–H groups in total. The molecule has 0 aromatic heterocycles. The second kappa shape index (κ2) is 2.73. The second-order valence-electron chi connectivity index (χ2n) is 1.21. The Bertz CT molecular complexity index is 162. The number of amidine groups is 1.